The number of benzene rings is 1. The molecule has 0 fully saturated rings. The van der Waals surface area contributed by atoms with E-state index >= 15 is 0 Å². The molecule has 0 aliphatic rings. The molecule has 1 rings (SSSR count). The fraction of sp³-hybridized carbons (Fsp3) is 0.619. The van der Waals surface area contributed by atoms with Gasteiger partial charge in [0.05, 0.1) is 26.7 Å². The Bertz CT molecular complexity index is 667. The molecule has 0 spiro atoms. The average molecular weight is 449 g/mol. The van der Waals surface area contributed by atoms with E-state index in [1.807, 2.05) is 12.1 Å². The normalized spacial score (nSPS) is 14.1. The van der Waals surface area contributed by atoms with E-state index in [2.05, 4.69) is 9.47 Å². The molecule has 2 N–H and O–H groups in total. The van der Waals surface area contributed by atoms with Crippen LogP contribution in [0.15, 0.2) is 18.2 Å². The lowest BCUT2D eigenvalue weighted by Gasteiger charge is -2.29. The second-order valence-electron chi connectivity index (χ2n) is 7.08. The first-order valence-electron chi connectivity index (χ1n) is 9.74. The molecule has 2 unspecified atom stereocenters. The van der Waals surface area contributed by atoms with Crippen LogP contribution in [0.3, 0.4) is 0 Å². The van der Waals surface area contributed by atoms with Gasteiger partial charge in [-0.05, 0) is 37.0 Å². The number of halogens is 2. The Balaban J connectivity index is 2.28. The number of esters is 2. The first kappa shape index (κ1) is 25.7. The predicted octanol–water partition coefficient (Wildman–Crippen LogP) is 4.09. The number of methoxy groups -OCH3 is 2. The lowest BCUT2D eigenvalue weighted by Crippen LogP contribution is -2.51. The number of aliphatic hydroxyl groups is 2. The monoisotopic (exact) mass is 448 g/mol. The largest absolute Gasteiger partial charge is 0.469 e. The van der Waals surface area contributed by atoms with Gasteiger partial charge in [0, 0.05) is 10.0 Å². The zero-order valence-corrected chi connectivity index (χ0v) is 18.5. The summed E-state index contributed by atoms with van der Waals surface area (Å²) in [7, 11) is 2.24. The summed E-state index contributed by atoms with van der Waals surface area (Å²) in [6, 6.07) is 5.53. The van der Waals surface area contributed by atoms with Crippen LogP contribution >= 0.6 is 23.2 Å². The summed E-state index contributed by atoms with van der Waals surface area (Å²) in [6.07, 6.45) is 4.56. The van der Waals surface area contributed by atoms with Crippen molar-refractivity contribution in [2.24, 2.45) is 0 Å². The van der Waals surface area contributed by atoms with Gasteiger partial charge in [0.25, 0.3) is 0 Å². The van der Waals surface area contributed by atoms with E-state index in [1.165, 1.54) is 0 Å². The molecule has 164 valence electrons. The average Bonchev–Trinajstić information content (AvgIpc) is 2.70. The van der Waals surface area contributed by atoms with Gasteiger partial charge in [0.1, 0.15) is 0 Å². The Hall–Kier alpha value is -1.34. The summed E-state index contributed by atoms with van der Waals surface area (Å²) in [5.74, 6) is -1.84. The minimum atomic E-state index is -2.29. The quantitative estimate of drug-likeness (QED) is 0.348. The number of ether oxygens (including phenoxy) is 2. The minimum absolute atomic E-state index is 0.184. The molecule has 6 nitrogen and oxygen atoms in total. The molecule has 2 atom stereocenters. The van der Waals surface area contributed by atoms with Crippen molar-refractivity contribution in [1.29, 1.82) is 0 Å². The highest BCUT2D eigenvalue weighted by Crippen LogP contribution is 2.24. The Labute approximate surface area is 182 Å². The maximum absolute atomic E-state index is 11.8. The van der Waals surface area contributed by atoms with Gasteiger partial charge in [0.15, 0.2) is 5.60 Å². The second kappa shape index (κ2) is 13.1. The number of carbonyl (C=O) groups is 2. The zero-order chi connectivity index (χ0) is 21.9. The predicted molar refractivity (Wildman–Crippen MR) is 112 cm³/mol. The molecular formula is C21H30Cl2O6. The maximum atomic E-state index is 11.8. The Kier molecular flexibility index (Phi) is 11.6. The molecule has 0 aliphatic carbocycles. The molecule has 0 heterocycles. The Morgan fingerprint density at radius 1 is 1.03 bits per heavy atom. The van der Waals surface area contributed by atoms with Crippen molar-refractivity contribution in [2.45, 2.75) is 69.5 Å². The van der Waals surface area contributed by atoms with Gasteiger partial charge in [-0.25, -0.2) is 4.79 Å². The van der Waals surface area contributed by atoms with Gasteiger partial charge in [-0.1, -0.05) is 61.4 Å². The van der Waals surface area contributed by atoms with Crippen molar-refractivity contribution in [2.75, 3.05) is 14.2 Å². The standard InChI is InChI=1S/C21H30Cl2O6/c1-28-19(25)14-21(27,20(26)29-2)18(24)10-8-6-4-3-5-7-9-15-11-12-16(22)13-17(15)23/h11-13,18,24,27H,3-10,14H2,1-2H3. The molecule has 1 aromatic rings. The SMILES string of the molecule is COC(=O)CC(O)(C(=O)OC)C(O)CCCCCCCCc1ccc(Cl)cc1Cl. The first-order valence-corrected chi connectivity index (χ1v) is 10.5. The van der Waals surface area contributed by atoms with E-state index in [1.54, 1.807) is 6.07 Å². The summed E-state index contributed by atoms with van der Waals surface area (Å²) < 4.78 is 9.02. The van der Waals surface area contributed by atoms with Crippen LogP contribution in [-0.4, -0.2) is 48.1 Å². The molecule has 0 saturated heterocycles. The van der Waals surface area contributed by atoms with Gasteiger partial charge >= 0.3 is 11.9 Å². The fourth-order valence-electron chi connectivity index (χ4n) is 3.12. The van der Waals surface area contributed by atoms with Crippen molar-refractivity contribution in [3.8, 4) is 0 Å². The van der Waals surface area contributed by atoms with Crippen LogP contribution in [0.25, 0.3) is 0 Å². The summed E-state index contributed by atoms with van der Waals surface area (Å²) in [5, 5.41) is 22.0. The minimum Gasteiger partial charge on any atom is -0.469 e. The van der Waals surface area contributed by atoms with E-state index in [0.717, 1.165) is 58.3 Å². The van der Waals surface area contributed by atoms with Crippen molar-refractivity contribution in [3.63, 3.8) is 0 Å². The van der Waals surface area contributed by atoms with Crippen molar-refractivity contribution < 1.29 is 29.3 Å². The van der Waals surface area contributed by atoms with Gasteiger partial charge in [0.2, 0.25) is 0 Å². The molecule has 0 radical (unpaired) electrons. The third-order valence-corrected chi connectivity index (χ3v) is 5.51. The van der Waals surface area contributed by atoms with Crippen LogP contribution in [0.4, 0.5) is 0 Å². The second-order valence-corrected chi connectivity index (χ2v) is 7.92. The van der Waals surface area contributed by atoms with Crippen LogP contribution in [0.1, 0.15) is 56.9 Å². The van der Waals surface area contributed by atoms with Gasteiger partial charge in [-0.15, -0.1) is 0 Å². The summed E-state index contributed by atoms with van der Waals surface area (Å²) in [5.41, 5.74) is -1.20. The van der Waals surface area contributed by atoms with Crippen molar-refractivity contribution >= 4 is 35.1 Å². The van der Waals surface area contributed by atoms with E-state index in [9.17, 15) is 19.8 Å². The highest BCUT2D eigenvalue weighted by Gasteiger charge is 2.46. The maximum Gasteiger partial charge on any atom is 0.341 e. The number of rotatable bonds is 13. The molecule has 0 bridgehead atoms. The van der Waals surface area contributed by atoms with E-state index in [0.29, 0.717) is 16.5 Å². The number of hydrogen-bond donors (Lipinski definition) is 2. The number of hydrogen-bond acceptors (Lipinski definition) is 6. The van der Waals surface area contributed by atoms with Crippen molar-refractivity contribution in [3.05, 3.63) is 33.8 Å². The molecular weight excluding hydrogens is 419 g/mol. The van der Waals surface area contributed by atoms with Crippen LogP contribution < -0.4 is 0 Å². The molecule has 8 heteroatoms. The van der Waals surface area contributed by atoms with Crippen molar-refractivity contribution in [1.82, 2.24) is 0 Å². The molecule has 0 amide bonds. The summed E-state index contributed by atoms with van der Waals surface area (Å²) in [4.78, 5) is 23.3. The molecule has 1 aromatic carbocycles. The lowest BCUT2D eigenvalue weighted by molar-refractivity contribution is -0.182. The molecule has 0 saturated carbocycles. The Morgan fingerprint density at radius 3 is 2.24 bits per heavy atom. The smallest absolute Gasteiger partial charge is 0.341 e. The Morgan fingerprint density at radius 2 is 1.66 bits per heavy atom. The number of aryl methyl sites for hydroxylation is 1. The third kappa shape index (κ3) is 8.51. The van der Waals surface area contributed by atoms with Crippen LogP contribution in [-0.2, 0) is 25.5 Å². The van der Waals surface area contributed by atoms with E-state index in [4.69, 9.17) is 23.2 Å². The van der Waals surface area contributed by atoms with Gasteiger partial charge in [-0.2, -0.15) is 0 Å². The third-order valence-electron chi connectivity index (χ3n) is 4.92. The van der Waals surface area contributed by atoms with Gasteiger partial charge < -0.3 is 19.7 Å². The van der Waals surface area contributed by atoms with Crippen LogP contribution in [0.5, 0.6) is 0 Å². The van der Waals surface area contributed by atoms with Crippen LogP contribution in [0.2, 0.25) is 10.0 Å². The first-order chi connectivity index (χ1) is 13.7. The molecule has 0 aromatic heterocycles. The summed E-state index contributed by atoms with van der Waals surface area (Å²) >= 11 is 12.1. The highest BCUT2D eigenvalue weighted by atomic mass is 35.5. The number of unbranched alkanes of at least 4 members (excludes halogenated alkanes) is 5. The van der Waals surface area contributed by atoms with E-state index < -0.39 is 30.1 Å². The topological polar surface area (TPSA) is 93.1 Å². The number of aliphatic hydroxyl groups excluding tert-OH is 1. The van der Waals surface area contributed by atoms with E-state index in [-0.39, 0.29) is 6.42 Å². The summed E-state index contributed by atoms with van der Waals surface area (Å²) in [6.45, 7) is 0. The number of carbonyl (C=O) groups excluding carboxylic acids is 2. The lowest BCUT2D eigenvalue weighted by atomic mass is 9.89. The zero-order valence-electron chi connectivity index (χ0n) is 17.0. The molecule has 29 heavy (non-hydrogen) atoms. The molecule has 0 aliphatic heterocycles. The highest BCUT2D eigenvalue weighted by molar-refractivity contribution is 6.35. The van der Waals surface area contributed by atoms with Crippen LogP contribution in [0, 0.1) is 0 Å². The van der Waals surface area contributed by atoms with Gasteiger partial charge in [-0.3, -0.25) is 4.79 Å². The fourth-order valence-corrected chi connectivity index (χ4v) is 3.62.